The smallest absolute Gasteiger partial charge is 0.240 e. The summed E-state index contributed by atoms with van der Waals surface area (Å²) in [7, 11) is 0. The Bertz CT molecular complexity index is 806. The third-order valence-corrected chi connectivity index (χ3v) is 8.35. The highest BCUT2D eigenvalue weighted by molar-refractivity contribution is 5.85. The van der Waals surface area contributed by atoms with Crippen LogP contribution in [-0.4, -0.2) is 53.6 Å². The Hall–Kier alpha value is -2.13. The standard InChI is InChI=1S/C24H33N5O/c1-24(2,23(30)27-22-19-10-17-9-18(12-19)13-20(22)11-17)29-7-5-28(6-8-29)21-4-3-16(14-25)15-26-21/h3-4,15,17-20,22H,5-13H2,1-2H3,(H,27,30). The topological polar surface area (TPSA) is 72.3 Å². The normalized spacial score (nSPS) is 33.4. The Labute approximate surface area is 179 Å². The van der Waals surface area contributed by atoms with Crippen molar-refractivity contribution >= 4 is 11.7 Å². The predicted octanol–water partition coefficient (Wildman–Crippen LogP) is 2.79. The van der Waals surface area contributed by atoms with Gasteiger partial charge in [-0.1, -0.05) is 0 Å². The monoisotopic (exact) mass is 407 g/mol. The summed E-state index contributed by atoms with van der Waals surface area (Å²) < 4.78 is 0. The van der Waals surface area contributed by atoms with Gasteiger partial charge in [0.1, 0.15) is 11.9 Å². The van der Waals surface area contributed by atoms with Crippen LogP contribution in [0.3, 0.4) is 0 Å². The lowest BCUT2D eigenvalue weighted by atomic mass is 9.54. The first-order valence-electron chi connectivity index (χ1n) is 11.6. The summed E-state index contributed by atoms with van der Waals surface area (Å²) in [6.45, 7) is 7.51. The number of rotatable bonds is 4. The number of pyridine rings is 1. The maximum absolute atomic E-state index is 13.4. The number of hydrogen-bond acceptors (Lipinski definition) is 5. The van der Waals surface area contributed by atoms with E-state index in [9.17, 15) is 4.79 Å². The highest BCUT2D eigenvalue weighted by atomic mass is 16.2. The molecule has 6 nitrogen and oxygen atoms in total. The first-order chi connectivity index (χ1) is 14.4. The lowest BCUT2D eigenvalue weighted by Crippen LogP contribution is -2.64. The van der Waals surface area contributed by atoms with Crippen molar-refractivity contribution in [1.29, 1.82) is 5.26 Å². The Balaban J connectivity index is 1.19. The van der Waals surface area contributed by atoms with Crippen molar-refractivity contribution in [3.63, 3.8) is 0 Å². The average Bonchev–Trinajstić information content (AvgIpc) is 2.75. The molecule has 6 heteroatoms. The fourth-order valence-electron chi connectivity index (χ4n) is 6.77. The predicted molar refractivity (Wildman–Crippen MR) is 116 cm³/mol. The zero-order valence-corrected chi connectivity index (χ0v) is 18.2. The molecule has 0 spiro atoms. The minimum absolute atomic E-state index is 0.199. The lowest BCUT2D eigenvalue weighted by Gasteiger charge is -2.55. The van der Waals surface area contributed by atoms with Crippen LogP contribution in [0.25, 0.3) is 0 Å². The number of aromatic nitrogens is 1. The molecule has 1 saturated heterocycles. The molecule has 1 aromatic rings. The van der Waals surface area contributed by atoms with Gasteiger partial charge in [-0.3, -0.25) is 9.69 Å². The number of carbonyl (C=O) groups excluding carboxylic acids is 1. The molecule has 1 N–H and O–H groups in total. The molecule has 0 radical (unpaired) electrons. The minimum Gasteiger partial charge on any atom is -0.354 e. The number of hydrogen-bond donors (Lipinski definition) is 1. The Morgan fingerprint density at radius 3 is 2.23 bits per heavy atom. The van der Waals surface area contributed by atoms with E-state index in [0.717, 1.165) is 43.8 Å². The zero-order chi connectivity index (χ0) is 20.9. The third kappa shape index (κ3) is 3.47. The van der Waals surface area contributed by atoms with Crippen molar-refractivity contribution in [2.45, 2.75) is 57.5 Å². The van der Waals surface area contributed by atoms with Crippen molar-refractivity contribution in [3.05, 3.63) is 23.9 Å². The van der Waals surface area contributed by atoms with E-state index >= 15 is 0 Å². The van der Waals surface area contributed by atoms with Gasteiger partial charge in [-0.15, -0.1) is 0 Å². The second-order valence-corrected chi connectivity index (χ2v) is 10.5. The Kier molecular flexibility index (Phi) is 4.97. The summed E-state index contributed by atoms with van der Waals surface area (Å²) in [4.78, 5) is 22.3. The molecule has 2 heterocycles. The largest absolute Gasteiger partial charge is 0.354 e. The molecule has 5 fully saturated rings. The van der Waals surface area contributed by atoms with Crippen LogP contribution >= 0.6 is 0 Å². The summed E-state index contributed by atoms with van der Waals surface area (Å²) in [6.07, 6.45) is 8.38. The second kappa shape index (κ2) is 7.53. The summed E-state index contributed by atoms with van der Waals surface area (Å²) in [5.41, 5.74) is 0.0822. The number of carbonyl (C=O) groups is 1. The van der Waals surface area contributed by atoms with Gasteiger partial charge in [0.15, 0.2) is 0 Å². The van der Waals surface area contributed by atoms with E-state index in [4.69, 9.17) is 5.26 Å². The van der Waals surface area contributed by atoms with Crippen LogP contribution in [0.5, 0.6) is 0 Å². The number of amides is 1. The molecule has 4 aliphatic carbocycles. The van der Waals surface area contributed by atoms with Gasteiger partial charge in [0.25, 0.3) is 0 Å². The van der Waals surface area contributed by atoms with Crippen molar-refractivity contribution in [3.8, 4) is 6.07 Å². The zero-order valence-electron chi connectivity index (χ0n) is 18.2. The minimum atomic E-state index is -0.501. The maximum Gasteiger partial charge on any atom is 0.240 e. The van der Waals surface area contributed by atoms with Gasteiger partial charge >= 0.3 is 0 Å². The van der Waals surface area contributed by atoms with Crippen LogP contribution in [0, 0.1) is 35.0 Å². The number of nitrogens with one attached hydrogen (secondary N) is 1. The SMILES string of the molecule is CC(C)(C(=O)NC1C2CC3CC(C2)CC1C3)N1CCN(c2ccc(C#N)cn2)CC1. The summed E-state index contributed by atoms with van der Waals surface area (Å²) in [5, 5.41) is 12.5. The van der Waals surface area contributed by atoms with E-state index in [1.54, 1.807) is 6.20 Å². The van der Waals surface area contributed by atoms with Crippen LogP contribution in [0.15, 0.2) is 18.3 Å². The average molecular weight is 408 g/mol. The molecule has 1 aromatic heterocycles. The van der Waals surface area contributed by atoms with E-state index in [1.807, 2.05) is 12.1 Å². The number of nitrogens with zero attached hydrogens (tertiary/aromatic N) is 4. The molecule has 6 rings (SSSR count). The van der Waals surface area contributed by atoms with Crippen LogP contribution < -0.4 is 10.2 Å². The van der Waals surface area contributed by atoms with Crippen LogP contribution in [0.2, 0.25) is 0 Å². The van der Waals surface area contributed by atoms with Crippen molar-refractivity contribution < 1.29 is 4.79 Å². The quantitative estimate of drug-likeness (QED) is 0.831. The fourth-order valence-corrected chi connectivity index (χ4v) is 6.77. The van der Waals surface area contributed by atoms with Crippen molar-refractivity contribution in [1.82, 2.24) is 15.2 Å². The molecule has 1 amide bonds. The van der Waals surface area contributed by atoms with Gasteiger partial charge in [-0.25, -0.2) is 4.98 Å². The van der Waals surface area contributed by atoms with E-state index < -0.39 is 5.54 Å². The molecule has 0 atom stereocenters. The summed E-state index contributed by atoms with van der Waals surface area (Å²) in [5.74, 6) is 4.38. The van der Waals surface area contributed by atoms with Gasteiger partial charge in [-0.2, -0.15) is 5.26 Å². The molecule has 1 aliphatic heterocycles. The van der Waals surface area contributed by atoms with E-state index in [-0.39, 0.29) is 5.91 Å². The van der Waals surface area contributed by atoms with E-state index in [0.29, 0.717) is 23.4 Å². The molecule has 0 aromatic carbocycles. The Morgan fingerprint density at radius 2 is 1.70 bits per heavy atom. The van der Waals surface area contributed by atoms with Gasteiger partial charge in [-0.05, 0) is 81.8 Å². The summed E-state index contributed by atoms with van der Waals surface area (Å²) in [6, 6.07) is 6.24. The molecular formula is C24H33N5O. The van der Waals surface area contributed by atoms with Crippen LogP contribution in [0.1, 0.15) is 51.5 Å². The Morgan fingerprint density at radius 1 is 1.07 bits per heavy atom. The molecule has 30 heavy (non-hydrogen) atoms. The van der Waals surface area contributed by atoms with Gasteiger partial charge in [0, 0.05) is 38.4 Å². The second-order valence-electron chi connectivity index (χ2n) is 10.5. The molecular weight excluding hydrogens is 374 g/mol. The van der Waals surface area contributed by atoms with Gasteiger partial charge < -0.3 is 10.2 Å². The highest BCUT2D eigenvalue weighted by Gasteiger charge is 2.49. The third-order valence-electron chi connectivity index (χ3n) is 8.35. The molecule has 5 aliphatic rings. The van der Waals surface area contributed by atoms with Crippen LogP contribution in [-0.2, 0) is 4.79 Å². The molecule has 160 valence electrons. The fraction of sp³-hybridized carbons (Fsp3) is 0.708. The van der Waals surface area contributed by atoms with Gasteiger partial charge in [0.05, 0.1) is 11.1 Å². The number of piperazine rings is 1. The first-order valence-corrected chi connectivity index (χ1v) is 11.6. The lowest BCUT2D eigenvalue weighted by molar-refractivity contribution is -0.136. The van der Waals surface area contributed by atoms with E-state index in [2.05, 4.69) is 40.0 Å². The van der Waals surface area contributed by atoms with Gasteiger partial charge in [0.2, 0.25) is 5.91 Å². The molecule has 4 saturated carbocycles. The number of nitriles is 1. The first kappa shape index (κ1) is 19.8. The molecule has 0 unspecified atom stereocenters. The number of anilines is 1. The van der Waals surface area contributed by atoms with Crippen molar-refractivity contribution in [2.24, 2.45) is 23.7 Å². The highest BCUT2D eigenvalue weighted by Crippen LogP contribution is 2.53. The van der Waals surface area contributed by atoms with Crippen LogP contribution in [0.4, 0.5) is 5.82 Å². The van der Waals surface area contributed by atoms with Crippen molar-refractivity contribution in [2.75, 3.05) is 31.1 Å². The maximum atomic E-state index is 13.4. The summed E-state index contributed by atoms with van der Waals surface area (Å²) >= 11 is 0. The molecule has 4 bridgehead atoms. The van der Waals surface area contributed by atoms with E-state index in [1.165, 1.54) is 32.1 Å².